The fourth-order valence-corrected chi connectivity index (χ4v) is 4.50. The van der Waals surface area contributed by atoms with Gasteiger partial charge < -0.3 is 5.32 Å². The molecular weight excluding hydrogens is 444 g/mol. The number of hydrogen-bond acceptors (Lipinski definition) is 3. The van der Waals surface area contributed by atoms with E-state index in [1.807, 2.05) is 80.2 Å². The second-order valence-corrected chi connectivity index (χ2v) is 9.58. The summed E-state index contributed by atoms with van der Waals surface area (Å²) in [5, 5.41) is 8.59. The Balaban J connectivity index is 1.57. The molecule has 0 unspecified atom stereocenters. The number of fused-ring (bicyclic) bond motifs is 1. The molecule has 5 aromatic rings. The van der Waals surface area contributed by atoms with E-state index in [9.17, 15) is 4.79 Å². The number of para-hydroxylation sites is 1. The van der Waals surface area contributed by atoms with Crippen LogP contribution >= 0.6 is 0 Å². The fourth-order valence-electron chi connectivity index (χ4n) is 4.50. The normalized spacial score (nSPS) is 11.3. The van der Waals surface area contributed by atoms with Crippen molar-refractivity contribution >= 4 is 22.5 Å². The van der Waals surface area contributed by atoms with Crippen LogP contribution in [0.5, 0.6) is 0 Å². The average molecular weight is 475 g/mol. The van der Waals surface area contributed by atoms with Crippen molar-refractivity contribution in [3.05, 3.63) is 107 Å². The van der Waals surface area contributed by atoms with Gasteiger partial charge in [0.2, 0.25) is 0 Å². The lowest BCUT2D eigenvalue weighted by Gasteiger charge is -2.13. The van der Waals surface area contributed by atoms with Crippen LogP contribution in [0, 0.1) is 20.8 Å². The van der Waals surface area contributed by atoms with Crippen LogP contribution in [0.1, 0.15) is 52.5 Å². The highest BCUT2D eigenvalue weighted by Crippen LogP contribution is 2.29. The van der Waals surface area contributed by atoms with Gasteiger partial charge >= 0.3 is 0 Å². The molecule has 5 heteroatoms. The highest BCUT2D eigenvalue weighted by atomic mass is 16.1. The third-order valence-electron chi connectivity index (χ3n) is 6.90. The maximum absolute atomic E-state index is 13.5. The van der Waals surface area contributed by atoms with Crippen LogP contribution in [0.25, 0.3) is 27.8 Å². The molecule has 0 aliphatic heterocycles. The highest BCUT2D eigenvalue weighted by Gasteiger charge is 2.18. The van der Waals surface area contributed by atoms with Gasteiger partial charge in [0.15, 0.2) is 0 Å². The van der Waals surface area contributed by atoms with Crippen molar-refractivity contribution in [2.45, 2.75) is 40.5 Å². The number of carbonyl (C=O) groups is 1. The molecule has 0 bridgehead atoms. The van der Waals surface area contributed by atoms with Crippen LogP contribution in [0.2, 0.25) is 0 Å². The number of carbonyl (C=O) groups excluding carboxylic acids is 1. The third kappa shape index (κ3) is 4.29. The van der Waals surface area contributed by atoms with Crippen molar-refractivity contribution in [1.29, 1.82) is 0 Å². The minimum absolute atomic E-state index is 0.155. The molecule has 5 nitrogen and oxygen atoms in total. The monoisotopic (exact) mass is 474 g/mol. The van der Waals surface area contributed by atoms with E-state index < -0.39 is 0 Å². The Labute approximate surface area is 211 Å². The topological polar surface area (TPSA) is 59.8 Å². The standard InChI is InChI=1S/C31H30N4O/c1-19(2)23-13-15-24(16-14-23)35-22(5)27(18-32-35)30-17-26(25-10-6-7-11-29(25)33-30)31(36)34-28-12-8-9-20(3)21(28)4/h6-19H,1-5H3,(H,34,36). The van der Waals surface area contributed by atoms with E-state index in [0.29, 0.717) is 11.5 Å². The fraction of sp³-hybridized carbons (Fsp3) is 0.194. The van der Waals surface area contributed by atoms with E-state index in [4.69, 9.17) is 4.98 Å². The lowest BCUT2D eigenvalue weighted by atomic mass is 10.0. The molecule has 2 heterocycles. The Morgan fingerprint density at radius 3 is 2.42 bits per heavy atom. The number of nitrogens with zero attached hydrogens (tertiary/aromatic N) is 3. The zero-order chi connectivity index (χ0) is 25.4. The number of hydrogen-bond donors (Lipinski definition) is 1. The number of pyridine rings is 1. The molecule has 5 rings (SSSR count). The highest BCUT2D eigenvalue weighted by molar-refractivity contribution is 6.13. The number of anilines is 1. The third-order valence-corrected chi connectivity index (χ3v) is 6.90. The Kier molecular flexibility index (Phi) is 6.15. The summed E-state index contributed by atoms with van der Waals surface area (Å²) in [5.41, 5.74) is 9.25. The molecule has 1 N–H and O–H groups in total. The Morgan fingerprint density at radius 1 is 0.917 bits per heavy atom. The van der Waals surface area contributed by atoms with Crippen LogP contribution < -0.4 is 5.32 Å². The van der Waals surface area contributed by atoms with Crippen LogP contribution in [-0.2, 0) is 0 Å². The Morgan fingerprint density at radius 2 is 1.67 bits per heavy atom. The molecule has 0 fully saturated rings. The Bertz CT molecular complexity index is 1580. The lowest BCUT2D eigenvalue weighted by molar-refractivity contribution is 0.102. The second-order valence-electron chi connectivity index (χ2n) is 9.58. The maximum Gasteiger partial charge on any atom is 0.256 e. The molecule has 0 radical (unpaired) electrons. The summed E-state index contributed by atoms with van der Waals surface area (Å²) in [6.45, 7) is 10.5. The predicted octanol–water partition coefficient (Wildman–Crippen LogP) is 7.39. The van der Waals surface area contributed by atoms with Crippen molar-refractivity contribution in [2.75, 3.05) is 5.32 Å². The maximum atomic E-state index is 13.5. The van der Waals surface area contributed by atoms with Crippen LogP contribution in [0.15, 0.2) is 79.0 Å². The number of aromatic nitrogens is 3. The summed E-state index contributed by atoms with van der Waals surface area (Å²) in [4.78, 5) is 18.4. The smallest absolute Gasteiger partial charge is 0.256 e. The van der Waals surface area contributed by atoms with Gasteiger partial charge in [0, 0.05) is 16.6 Å². The molecule has 0 saturated carbocycles. The van der Waals surface area contributed by atoms with Gasteiger partial charge in [-0.1, -0.05) is 56.3 Å². The minimum Gasteiger partial charge on any atom is -0.322 e. The molecule has 0 aliphatic rings. The van der Waals surface area contributed by atoms with Gasteiger partial charge in [-0.3, -0.25) is 4.79 Å². The molecule has 0 atom stereocenters. The zero-order valence-corrected chi connectivity index (χ0v) is 21.3. The van der Waals surface area contributed by atoms with Crippen molar-refractivity contribution in [3.8, 4) is 16.9 Å². The number of benzene rings is 3. The molecule has 3 aromatic carbocycles. The number of nitrogens with one attached hydrogen (secondary N) is 1. The first-order chi connectivity index (χ1) is 17.3. The molecule has 180 valence electrons. The van der Waals surface area contributed by atoms with Gasteiger partial charge in [-0.05, 0) is 73.7 Å². The molecule has 0 aliphatic carbocycles. The van der Waals surface area contributed by atoms with Crippen LogP contribution in [-0.4, -0.2) is 20.7 Å². The minimum atomic E-state index is -0.155. The van der Waals surface area contributed by atoms with E-state index in [-0.39, 0.29) is 5.91 Å². The number of amides is 1. The van der Waals surface area contributed by atoms with E-state index >= 15 is 0 Å². The van der Waals surface area contributed by atoms with Gasteiger partial charge in [-0.2, -0.15) is 5.10 Å². The molecule has 36 heavy (non-hydrogen) atoms. The van der Waals surface area contributed by atoms with Crippen molar-refractivity contribution < 1.29 is 4.79 Å². The summed E-state index contributed by atoms with van der Waals surface area (Å²) in [5.74, 6) is 0.321. The first-order valence-electron chi connectivity index (χ1n) is 12.3. The molecule has 0 spiro atoms. The molecule has 0 saturated heterocycles. The SMILES string of the molecule is Cc1cccc(NC(=O)c2cc(-c3cnn(-c4ccc(C(C)C)cc4)c3C)nc3ccccc23)c1C. The van der Waals surface area contributed by atoms with Crippen molar-refractivity contribution in [3.63, 3.8) is 0 Å². The molecule has 1 amide bonds. The first kappa shape index (κ1) is 23.5. The number of aryl methyl sites for hydroxylation is 1. The summed E-state index contributed by atoms with van der Waals surface area (Å²) >= 11 is 0. The van der Waals surface area contributed by atoms with Crippen molar-refractivity contribution in [1.82, 2.24) is 14.8 Å². The van der Waals surface area contributed by atoms with Gasteiger partial charge in [0.05, 0.1) is 34.4 Å². The first-order valence-corrected chi connectivity index (χ1v) is 12.3. The van der Waals surface area contributed by atoms with Crippen LogP contribution in [0.3, 0.4) is 0 Å². The number of rotatable bonds is 5. The van der Waals surface area contributed by atoms with Gasteiger partial charge in [-0.15, -0.1) is 0 Å². The quantitative estimate of drug-likeness (QED) is 0.289. The van der Waals surface area contributed by atoms with Gasteiger partial charge in [-0.25, -0.2) is 9.67 Å². The summed E-state index contributed by atoms with van der Waals surface area (Å²) in [7, 11) is 0. The Hall–Kier alpha value is -4.25. The average Bonchev–Trinajstić information content (AvgIpc) is 3.27. The van der Waals surface area contributed by atoms with E-state index in [1.165, 1.54) is 5.56 Å². The summed E-state index contributed by atoms with van der Waals surface area (Å²) in [6.07, 6.45) is 1.83. The van der Waals surface area contributed by atoms with E-state index in [0.717, 1.165) is 50.4 Å². The molecular formula is C31H30N4O. The predicted molar refractivity (Wildman–Crippen MR) is 147 cm³/mol. The van der Waals surface area contributed by atoms with Gasteiger partial charge in [0.25, 0.3) is 5.91 Å². The van der Waals surface area contributed by atoms with Gasteiger partial charge in [0.1, 0.15) is 0 Å². The molecule has 2 aromatic heterocycles. The second kappa shape index (κ2) is 9.42. The van der Waals surface area contributed by atoms with Crippen LogP contribution in [0.4, 0.5) is 5.69 Å². The van der Waals surface area contributed by atoms with E-state index in [1.54, 1.807) is 0 Å². The zero-order valence-electron chi connectivity index (χ0n) is 21.3. The van der Waals surface area contributed by atoms with Crippen molar-refractivity contribution in [2.24, 2.45) is 0 Å². The summed E-state index contributed by atoms with van der Waals surface area (Å²) < 4.78 is 1.92. The summed E-state index contributed by atoms with van der Waals surface area (Å²) in [6, 6.07) is 24.0. The largest absolute Gasteiger partial charge is 0.322 e. The lowest BCUT2D eigenvalue weighted by Crippen LogP contribution is -2.14. The van der Waals surface area contributed by atoms with E-state index in [2.05, 4.69) is 48.5 Å².